The summed E-state index contributed by atoms with van der Waals surface area (Å²) in [6.07, 6.45) is 0. The summed E-state index contributed by atoms with van der Waals surface area (Å²) in [5.74, 6) is 1.43. The Bertz CT molecular complexity index is 1010. The maximum atomic E-state index is 12.7. The zero-order chi connectivity index (χ0) is 18.7. The number of fused-ring (bicyclic) bond motifs is 1. The quantitative estimate of drug-likeness (QED) is 0.678. The van der Waals surface area contributed by atoms with Crippen LogP contribution in [0.3, 0.4) is 0 Å². The van der Waals surface area contributed by atoms with Gasteiger partial charge in [-0.05, 0) is 38.1 Å². The lowest BCUT2D eigenvalue weighted by atomic mass is 10.2. The third-order valence-electron chi connectivity index (χ3n) is 3.94. The fourth-order valence-corrected chi connectivity index (χ4v) is 4.12. The maximum absolute atomic E-state index is 12.7. The largest absolute Gasteiger partial charge is 0.495 e. The summed E-state index contributed by atoms with van der Waals surface area (Å²) in [4.78, 5) is 0.0838. The van der Waals surface area contributed by atoms with Crippen LogP contribution in [0.25, 0.3) is 11.0 Å². The molecule has 2 aromatic carbocycles. The molecule has 0 saturated carbocycles. The number of furan rings is 1. The van der Waals surface area contributed by atoms with Gasteiger partial charge in [-0.3, -0.25) is 0 Å². The minimum atomic E-state index is -3.77. The molecule has 1 aromatic heterocycles. The molecule has 0 aliphatic rings. The first-order valence-electron chi connectivity index (χ1n) is 8.27. The van der Waals surface area contributed by atoms with E-state index >= 15 is 0 Å². The second-order valence-corrected chi connectivity index (χ2v) is 7.43. The highest BCUT2D eigenvalue weighted by atomic mass is 32.2. The Labute approximate surface area is 152 Å². The lowest BCUT2D eigenvalue weighted by Gasteiger charge is -2.14. The van der Waals surface area contributed by atoms with Gasteiger partial charge in [0.25, 0.3) is 0 Å². The number of nitrogens with one attached hydrogen (secondary N) is 1. The van der Waals surface area contributed by atoms with Crippen molar-refractivity contribution in [3.63, 3.8) is 0 Å². The molecule has 3 aromatic rings. The molecular formula is C19H21NO5S. The van der Waals surface area contributed by atoms with E-state index in [1.54, 1.807) is 25.1 Å². The Balaban J connectivity index is 1.91. The monoisotopic (exact) mass is 375 g/mol. The Hall–Kier alpha value is -2.51. The van der Waals surface area contributed by atoms with Crippen molar-refractivity contribution in [2.24, 2.45) is 0 Å². The minimum Gasteiger partial charge on any atom is -0.495 e. The fourth-order valence-electron chi connectivity index (χ4n) is 2.73. The number of para-hydroxylation sites is 2. The molecule has 0 amide bonds. The van der Waals surface area contributed by atoms with Gasteiger partial charge < -0.3 is 13.9 Å². The molecule has 1 unspecified atom stereocenters. The van der Waals surface area contributed by atoms with Gasteiger partial charge in [-0.1, -0.05) is 24.3 Å². The lowest BCUT2D eigenvalue weighted by Crippen LogP contribution is -2.27. The van der Waals surface area contributed by atoms with Crippen molar-refractivity contribution in [2.45, 2.75) is 24.8 Å². The summed E-state index contributed by atoms with van der Waals surface area (Å²) in [6.45, 7) is 4.14. The van der Waals surface area contributed by atoms with Crippen molar-refractivity contribution in [1.29, 1.82) is 0 Å². The third kappa shape index (κ3) is 3.54. The Kier molecular flexibility index (Phi) is 5.20. The minimum absolute atomic E-state index is 0.0838. The van der Waals surface area contributed by atoms with Gasteiger partial charge in [-0.15, -0.1) is 0 Å². The first kappa shape index (κ1) is 18.3. The lowest BCUT2D eigenvalue weighted by molar-refractivity contribution is 0.336. The molecule has 26 heavy (non-hydrogen) atoms. The summed E-state index contributed by atoms with van der Waals surface area (Å²) in [7, 11) is -2.34. The summed E-state index contributed by atoms with van der Waals surface area (Å²) in [6, 6.07) is 13.3. The van der Waals surface area contributed by atoms with Crippen LogP contribution in [0.2, 0.25) is 0 Å². The number of rotatable bonds is 7. The highest BCUT2D eigenvalue weighted by molar-refractivity contribution is 7.89. The van der Waals surface area contributed by atoms with Crippen LogP contribution >= 0.6 is 0 Å². The van der Waals surface area contributed by atoms with Crippen LogP contribution in [0, 0.1) is 0 Å². The standard InChI is InChI=1S/C19H21NO5S/c1-4-24-16-10-7-8-14-12-17(25-19(14)16)13(2)20-26(21,22)18-11-6-5-9-15(18)23-3/h5-13,20H,4H2,1-3H3. The second kappa shape index (κ2) is 7.39. The third-order valence-corrected chi connectivity index (χ3v) is 5.52. The van der Waals surface area contributed by atoms with Gasteiger partial charge in [0.05, 0.1) is 19.8 Å². The molecule has 0 radical (unpaired) electrons. The highest BCUT2D eigenvalue weighted by Gasteiger charge is 2.24. The van der Waals surface area contributed by atoms with Crippen molar-refractivity contribution < 1.29 is 22.3 Å². The van der Waals surface area contributed by atoms with Crippen molar-refractivity contribution in [3.8, 4) is 11.5 Å². The average molecular weight is 375 g/mol. The molecule has 0 spiro atoms. The van der Waals surface area contributed by atoms with E-state index < -0.39 is 16.1 Å². The van der Waals surface area contributed by atoms with E-state index in [2.05, 4.69) is 4.72 Å². The first-order chi connectivity index (χ1) is 12.5. The van der Waals surface area contributed by atoms with Gasteiger partial charge in [0.1, 0.15) is 16.4 Å². The maximum Gasteiger partial charge on any atom is 0.244 e. The first-order valence-corrected chi connectivity index (χ1v) is 9.75. The number of hydrogen-bond acceptors (Lipinski definition) is 5. The molecule has 1 N–H and O–H groups in total. The number of methoxy groups -OCH3 is 1. The summed E-state index contributed by atoms with van der Waals surface area (Å²) >= 11 is 0. The Morgan fingerprint density at radius 3 is 2.58 bits per heavy atom. The number of hydrogen-bond donors (Lipinski definition) is 1. The van der Waals surface area contributed by atoms with Gasteiger partial charge >= 0.3 is 0 Å². The zero-order valence-electron chi connectivity index (χ0n) is 14.9. The van der Waals surface area contributed by atoms with E-state index in [-0.39, 0.29) is 10.6 Å². The van der Waals surface area contributed by atoms with E-state index in [1.807, 2.05) is 31.2 Å². The second-order valence-electron chi connectivity index (χ2n) is 5.75. The molecule has 6 nitrogen and oxygen atoms in total. The van der Waals surface area contributed by atoms with Crippen LogP contribution in [-0.4, -0.2) is 22.1 Å². The van der Waals surface area contributed by atoms with Crippen LogP contribution < -0.4 is 14.2 Å². The van der Waals surface area contributed by atoms with Crippen LogP contribution in [0.15, 0.2) is 57.8 Å². The molecule has 0 aliphatic heterocycles. The predicted molar refractivity (Wildman–Crippen MR) is 99.1 cm³/mol. The smallest absolute Gasteiger partial charge is 0.244 e. The SMILES string of the molecule is CCOc1cccc2cc(C(C)NS(=O)(=O)c3ccccc3OC)oc12. The molecule has 0 aliphatic carbocycles. The van der Waals surface area contributed by atoms with Crippen LogP contribution in [0.4, 0.5) is 0 Å². The molecule has 1 heterocycles. The predicted octanol–water partition coefficient (Wildman–Crippen LogP) is 3.88. The van der Waals surface area contributed by atoms with Crippen molar-refractivity contribution in [3.05, 3.63) is 54.3 Å². The van der Waals surface area contributed by atoms with Gasteiger partial charge in [0, 0.05) is 5.39 Å². The van der Waals surface area contributed by atoms with Gasteiger partial charge in [0.15, 0.2) is 11.3 Å². The summed E-state index contributed by atoms with van der Waals surface area (Å²) in [5.41, 5.74) is 0.604. The molecule has 138 valence electrons. The number of ether oxygens (including phenoxy) is 2. The Morgan fingerprint density at radius 2 is 1.85 bits per heavy atom. The fraction of sp³-hybridized carbons (Fsp3) is 0.263. The zero-order valence-corrected chi connectivity index (χ0v) is 15.7. The van der Waals surface area contributed by atoms with E-state index in [1.165, 1.54) is 13.2 Å². The topological polar surface area (TPSA) is 77.8 Å². The number of benzene rings is 2. The van der Waals surface area contributed by atoms with Crippen LogP contribution in [0.1, 0.15) is 25.6 Å². The summed E-state index contributed by atoms with van der Waals surface area (Å²) < 4.78 is 44.7. The van der Waals surface area contributed by atoms with Crippen molar-refractivity contribution >= 4 is 21.0 Å². The number of sulfonamides is 1. The molecular weight excluding hydrogens is 354 g/mol. The molecule has 0 fully saturated rings. The van der Waals surface area contributed by atoms with E-state index in [0.29, 0.717) is 23.7 Å². The van der Waals surface area contributed by atoms with Crippen LogP contribution in [-0.2, 0) is 10.0 Å². The van der Waals surface area contributed by atoms with Gasteiger partial charge in [-0.2, -0.15) is 0 Å². The van der Waals surface area contributed by atoms with Gasteiger partial charge in [-0.25, -0.2) is 13.1 Å². The molecule has 7 heteroatoms. The van der Waals surface area contributed by atoms with E-state index in [4.69, 9.17) is 13.9 Å². The Morgan fingerprint density at radius 1 is 1.12 bits per heavy atom. The highest BCUT2D eigenvalue weighted by Crippen LogP contribution is 2.32. The molecule has 0 saturated heterocycles. The average Bonchev–Trinajstić information content (AvgIpc) is 3.07. The van der Waals surface area contributed by atoms with Gasteiger partial charge in [0.2, 0.25) is 10.0 Å². The molecule has 3 rings (SSSR count). The van der Waals surface area contributed by atoms with Crippen LogP contribution in [0.5, 0.6) is 11.5 Å². The van der Waals surface area contributed by atoms with Crippen molar-refractivity contribution in [1.82, 2.24) is 4.72 Å². The molecule has 1 atom stereocenters. The van der Waals surface area contributed by atoms with Crippen molar-refractivity contribution in [2.75, 3.05) is 13.7 Å². The normalized spacial score (nSPS) is 12.9. The van der Waals surface area contributed by atoms with E-state index in [0.717, 1.165) is 5.39 Å². The molecule has 0 bridgehead atoms. The summed E-state index contributed by atoms with van der Waals surface area (Å²) in [5, 5.41) is 0.856. The van der Waals surface area contributed by atoms with E-state index in [9.17, 15) is 8.42 Å².